The van der Waals surface area contributed by atoms with Crippen molar-refractivity contribution in [3.05, 3.63) is 49.0 Å². The summed E-state index contributed by atoms with van der Waals surface area (Å²) in [5, 5.41) is -0.196. The van der Waals surface area contributed by atoms with E-state index in [1.54, 1.807) is 18.4 Å². The zero-order valence-corrected chi connectivity index (χ0v) is 13.7. The maximum Gasteiger partial charge on any atom is 0.123 e. The van der Waals surface area contributed by atoms with Crippen LogP contribution in [0.5, 0.6) is 5.75 Å². The number of alkyl halides is 1. The predicted octanol–water partition coefficient (Wildman–Crippen LogP) is 5.61. The summed E-state index contributed by atoms with van der Waals surface area (Å²) in [6, 6.07) is 9.83. The Balaban J connectivity index is 2.39. The maximum atomic E-state index is 6.49. The van der Waals surface area contributed by atoms with Crippen molar-refractivity contribution in [3.8, 4) is 5.75 Å². The Morgan fingerprint density at radius 2 is 2.00 bits per heavy atom. The third-order valence-electron chi connectivity index (χ3n) is 2.33. The molecule has 2 aromatic rings. The summed E-state index contributed by atoms with van der Waals surface area (Å²) in [5.74, 6) is 0.813. The Hall–Kier alpha value is -0.0300. The Bertz CT molecular complexity index is 507. The first kappa shape index (κ1) is 13.4. The van der Waals surface area contributed by atoms with Gasteiger partial charge in [0, 0.05) is 14.9 Å². The lowest BCUT2D eigenvalue weighted by Gasteiger charge is -2.12. The average Bonchev–Trinajstić information content (AvgIpc) is 2.68. The summed E-state index contributed by atoms with van der Waals surface area (Å²) < 4.78 is 7.40. The molecular formula is C12H9Br2ClOS. The number of hydrogen-bond acceptors (Lipinski definition) is 2. The van der Waals surface area contributed by atoms with Crippen LogP contribution in [0.1, 0.15) is 15.8 Å². The second-order valence-corrected chi connectivity index (χ2v) is 7.07. The SMILES string of the molecule is COc1ccccc1C(Cl)c1cc(Br)c(Br)s1. The van der Waals surface area contributed by atoms with Crippen molar-refractivity contribution in [2.45, 2.75) is 5.38 Å². The molecule has 1 heterocycles. The zero-order chi connectivity index (χ0) is 12.4. The van der Waals surface area contributed by atoms with Crippen LogP contribution in [-0.4, -0.2) is 7.11 Å². The summed E-state index contributed by atoms with van der Waals surface area (Å²) in [7, 11) is 1.66. The standard InChI is InChI=1S/C12H9Br2ClOS/c1-16-9-5-3-2-4-7(9)11(15)10-6-8(13)12(14)17-10/h2-6,11H,1H3. The highest BCUT2D eigenvalue weighted by molar-refractivity contribution is 9.13. The molecule has 0 saturated carbocycles. The van der Waals surface area contributed by atoms with Gasteiger partial charge in [-0.2, -0.15) is 0 Å². The first-order valence-corrected chi connectivity index (χ1v) is 7.69. The summed E-state index contributed by atoms with van der Waals surface area (Å²) >= 11 is 15.0. The van der Waals surface area contributed by atoms with E-state index in [9.17, 15) is 0 Å². The molecule has 0 fully saturated rings. The van der Waals surface area contributed by atoms with Crippen molar-refractivity contribution >= 4 is 54.8 Å². The molecular weight excluding hydrogens is 387 g/mol. The molecule has 0 spiro atoms. The van der Waals surface area contributed by atoms with Crippen molar-refractivity contribution in [2.75, 3.05) is 7.11 Å². The van der Waals surface area contributed by atoms with Crippen molar-refractivity contribution in [2.24, 2.45) is 0 Å². The molecule has 1 aromatic heterocycles. The minimum atomic E-state index is -0.196. The topological polar surface area (TPSA) is 9.23 Å². The molecule has 90 valence electrons. The van der Waals surface area contributed by atoms with Gasteiger partial charge >= 0.3 is 0 Å². The number of para-hydroxylation sites is 1. The number of hydrogen-bond donors (Lipinski definition) is 0. The van der Waals surface area contributed by atoms with Crippen LogP contribution in [0, 0.1) is 0 Å². The molecule has 0 amide bonds. The van der Waals surface area contributed by atoms with Crippen LogP contribution < -0.4 is 4.74 Å². The molecule has 0 aliphatic heterocycles. The fourth-order valence-corrected chi connectivity index (χ4v) is 3.98. The van der Waals surface area contributed by atoms with Crippen LogP contribution in [0.15, 0.2) is 38.6 Å². The average molecular weight is 397 g/mol. The van der Waals surface area contributed by atoms with Gasteiger partial charge in [-0.05, 0) is 44.0 Å². The van der Waals surface area contributed by atoms with Crippen LogP contribution >= 0.6 is 54.8 Å². The summed E-state index contributed by atoms with van der Waals surface area (Å²) in [5.41, 5.74) is 0.984. The van der Waals surface area contributed by atoms with Crippen molar-refractivity contribution in [3.63, 3.8) is 0 Å². The molecule has 1 nitrogen and oxygen atoms in total. The van der Waals surface area contributed by atoms with E-state index in [1.165, 1.54) is 0 Å². The zero-order valence-electron chi connectivity index (χ0n) is 8.91. The van der Waals surface area contributed by atoms with Gasteiger partial charge in [-0.1, -0.05) is 18.2 Å². The third kappa shape index (κ3) is 2.87. The minimum absolute atomic E-state index is 0.196. The molecule has 0 bridgehead atoms. The van der Waals surface area contributed by atoms with Gasteiger partial charge < -0.3 is 4.74 Å². The van der Waals surface area contributed by atoms with Crippen LogP contribution in [0.3, 0.4) is 0 Å². The molecule has 1 unspecified atom stereocenters. The Morgan fingerprint density at radius 3 is 2.59 bits per heavy atom. The summed E-state index contributed by atoms with van der Waals surface area (Å²) in [6.45, 7) is 0. The van der Waals surface area contributed by atoms with Gasteiger partial charge in [0.25, 0.3) is 0 Å². The van der Waals surface area contributed by atoms with Gasteiger partial charge in [0.05, 0.1) is 16.3 Å². The van der Waals surface area contributed by atoms with E-state index in [0.717, 1.165) is 24.4 Å². The van der Waals surface area contributed by atoms with E-state index in [-0.39, 0.29) is 5.38 Å². The van der Waals surface area contributed by atoms with Crippen LogP contribution in [-0.2, 0) is 0 Å². The lowest BCUT2D eigenvalue weighted by atomic mass is 10.1. The van der Waals surface area contributed by atoms with Crippen LogP contribution in [0.4, 0.5) is 0 Å². The summed E-state index contributed by atoms with van der Waals surface area (Å²) in [4.78, 5) is 1.08. The second-order valence-electron chi connectivity index (χ2n) is 3.37. The van der Waals surface area contributed by atoms with E-state index in [4.69, 9.17) is 16.3 Å². The third-order valence-corrected chi connectivity index (χ3v) is 6.25. The largest absolute Gasteiger partial charge is 0.496 e. The molecule has 1 aromatic carbocycles. The quantitative estimate of drug-likeness (QED) is 0.613. The van der Waals surface area contributed by atoms with Gasteiger partial charge in [-0.15, -0.1) is 22.9 Å². The highest BCUT2D eigenvalue weighted by atomic mass is 79.9. The number of benzene rings is 1. The normalized spacial score (nSPS) is 12.5. The smallest absolute Gasteiger partial charge is 0.123 e. The van der Waals surface area contributed by atoms with Gasteiger partial charge in [0.15, 0.2) is 0 Å². The van der Waals surface area contributed by atoms with E-state index in [2.05, 4.69) is 31.9 Å². The molecule has 0 aliphatic rings. The molecule has 0 saturated heterocycles. The van der Waals surface area contributed by atoms with Gasteiger partial charge in [-0.25, -0.2) is 0 Å². The van der Waals surface area contributed by atoms with Crippen molar-refractivity contribution in [1.29, 1.82) is 0 Å². The first-order valence-electron chi connectivity index (χ1n) is 4.85. The predicted molar refractivity (Wildman–Crippen MR) is 80.4 cm³/mol. The second kappa shape index (κ2) is 5.74. The molecule has 0 N–H and O–H groups in total. The number of thiophene rings is 1. The first-order chi connectivity index (χ1) is 8.13. The lowest BCUT2D eigenvalue weighted by molar-refractivity contribution is 0.410. The number of methoxy groups -OCH3 is 1. The summed E-state index contributed by atoms with van der Waals surface area (Å²) in [6.07, 6.45) is 0. The number of ether oxygens (including phenoxy) is 1. The highest BCUT2D eigenvalue weighted by Gasteiger charge is 2.18. The molecule has 1 atom stereocenters. The van der Waals surface area contributed by atoms with E-state index in [1.807, 2.05) is 30.3 Å². The van der Waals surface area contributed by atoms with E-state index in [0.29, 0.717) is 0 Å². The fraction of sp³-hybridized carbons (Fsp3) is 0.167. The number of rotatable bonds is 3. The molecule has 5 heteroatoms. The van der Waals surface area contributed by atoms with Crippen molar-refractivity contribution < 1.29 is 4.74 Å². The maximum absolute atomic E-state index is 6.49. The number of halogens is 3. The van der Waals surface area contributed by atoms with Crippen molar-refractivity contribution in [1.82, 2.24) is 0 Å². The highest BCUT2D eigenvalue weighted by Crippen LogP contribution is 2.42. The van der Waals surface area contributed by atoms with Crippen LogP contribution in [0.2, 0.25) is 0 Å². The fourth-order valence-electron chi connectivity index (χ4n) is 1.52. The lowest BCUT2D eigenvalue weighted by Crippen LogP contribution is -1.95. The minimum Gasteiger partial charge on any atom is -0.496 e. The molecule has 0 aliphatic carbocycles. The Morgan fingerprint density at radius 1 is 1.29 bits per heavy atom. The monoisotopic (exact) mass is 394 g/mol. The Kier molecular flexibility index (Phi) is 4.53. The van der Waals surface area contributed by atoms with Gasteiger partial charge in [0.1, 0.15) is 5.75 Å². The van der Waals surface area contributed by atoms with E-state index >= 15 is 0 Å². The van der Waals surface area contributed by atoms with Gasteiger partial charge in [0.2, 0.25) is 0 Å². The van der Waals surface area contributed by atoms with Crippen LogP contribution in [0.25, 0.3) is 0 Å². The molecule has 0 radical (unpaired) electrons. The van der Waals surface area contributed by atoms with Gasteiger partial charge in [-0.3, -0.25) is 0 Å². The Labute approximate surface area is 126 Å². The molecule has 2 rings (SSSR count). The van der Waals surface area contributed by atoms with E-state index < -0.39 is 0 Å². The molecule has 17 heavy (non-hydrogen) atoms.